The fourth-order valence-electron chi connectivity index (χ4n) is 2.31. The zero-order chi connectivity index (χ0) is 15.4. The van der Waals surface area contributed by atoms with E-state index in [1.807, 2.05) is 25.1 Å². The summed E-state index contributed by atoms with van der Waals surface area (Å²) < 4.78 is 0. The van der Waals surface area contributed by atoms with Crippen molar-refractivity contribution in [2.24, 2.45) is 0 Å². The fourth-order valence-corrected chi connectivity index (χ4v) is 2.31. The molecule has 1 aromatic carbocycles. The maximum absolute atomic E-state index is 11.0. The average molecular weight is 285 g/mol. The van der Waals surface area contributed by atoms with E-state index in [-0.39, 0.29) is 22.7 Å². The first-order valence-electron chi connectivity index (χ1n) is 6.90. The van der Waals surface area contributed by atoms with Gasteiger partial charge in [-0.2, -0.15) is 0 Å². The molecule has 5 heteroatoms. The van der Waals surface area contributed by atoms with E-state index in [0.29, 0.717) is 5.56 Å². The lowest BCUT2D eigenvalue weighted by Gasteiger charge is -2.20. The highest BCUT2D eigenvalue weighted by atomic mass is 16.6. The Kier molecular flexibility index (Phi) is 4.65. The molecule has 0 amide bonds. The molecule has 110 valence electrons. The minimum Gasteiger partial charge on any atom is -0.304 e. The van der Waals surface area contributed by atoms with Gasteiger partial charge in [-0.25, -0.2) is 0 Å². The zero-order valence-corrected chi connectivity index (χ0v) is 12.4. The lowest BCUT2D eigenvalue weighted by Crippen LogP contribution is -2.22. The summed E-state index contributed by atoms with van der Waals surface area (Å²) in [6.45, 7) is 5.82. The van der Waals surface area contributed by atoms with Crippen LogP contribution in [0.1, 0.15) is 42.6 Å². The minimum atomic E-state index is -0.335. The number of hydrogen-bond donors (Lipinski definition) is 1. The second-order valence-electron chi connectivity index (χ2n) is 5.19. The molecule has 0 bridgehead atoms. The van der Waals surface area contributed by atoms with E-state index >= 15 is 0 Å². The first-order valence-corrected chi connectivity index (χ1v) is 6.90. The van der Waals surface area contributed by atoms with Gasteiger partial charge in [0.2, 0.25) is 0 Å². The van der Waals surface area contributed by atoms with Crippen molar-refractivity contribution in [3.63, 3.8) is 0 Å². The van der Waals surface area contributed by atoms with Gasteiger partial charge in [0.05, 0.1) is 4.92 Å². The lowest BCUT2D eigenvalue weighted by molar-refractivity contribution is -0.385. The second-order valence-corrected chi connectivity index (χ2v) is 5.19. The third-order valence-electron chi connectivity index (χ3n) is 3.64. The van der Waals surface area contributed by atoms with Crippen molar-refractivity contribution in [2.75, 3.05) is 0 Å². The molecule has 1 aromatic heterocycles. The van der Waals surface area contributed by atoms with Crippen LogP contribution in [0.25, 0.3) is 0 Å². The summed E-state index contributed by atoms with van der Waals surface area (Å²) in [7, 11) is 0. The zero-order valence-electron chi connectivity index (χ0n) is 12.4. The number of nitro benzene ring substituents is 1. The molecule has 2 atom stereocenters. The minimum absolute atomic E-state index is 0.0208. The van der Waals surface area contributed by atoms with Gasteiger partial charge in [-0.1, -0.05) is 12.1 Å². The third kappa shape index (κ3) is 3.64. The Morgan fingerprint density at radius 1 is 1.10 bits per heavy atom. The van der Waals surface area contributed by atoms with Crippen LogP contribution in [0.2, 0.25) is 0 Å². The first-order chi connectivity index (χ1) is 9.99. The summed E-state index contributed by atoms with van der Waals surface area (Å²) in [6.07, 6.45) is 3.52. The normalized spacial score (nSPS) is 13.7. The van der Waals surface area contributed by atoms with E-state index in [0.717, 1.165) is 11.1 Å². The molecule has 2 aromatic rings. The first kappa shape index (κ1) is 15.1. The van der Waals surface area contributed by atoms with Crippen molar-refractivity contribution in [2.45, 2.75) is 32.9 Å². The van der Waals surface area contributed by atoms with E-state index in [1.165, 1.54) is 0 Å². The Bertz CT molecular complexity index is 629. The summed E-state index contributed by atoms with van der Waals surface area (Å²) in [4.78, 5) is 14.7. The molecule has 0 radical (unpaired) electrons. The monoisotopic (exact) mass is 285 g/mol. The largest absolute Gasteiger partial charge is 0.304 e. The molecule has 5 nitrogen and oxygen atoms in total. The third-order valence-corrected chi connectivity index (χ3v) is 3.64. The van der Waals surface area contributed by atoms with E-state index in [2.05, 4.69) is 17.2 Å². The molecule has 2 unspecified atom stereocenters. The van der Waals surface area contributed by atoms with Crippen LogP contribution in [0.4, 0.5) is 5.69 Å². The van der Waals surface area contributed by atoms with E-state index in [4.69, 9.17) is 0 Å². The van der Waals surface area contributed by atoms with Gasteiger partial charge in [0.25, 0.3) is 5.69 Å². The summed E-state index contributed by atoms with van der Waals surface area (Å²) in [5, 5.41) is 14.5. The van der Waals surface area contributed by atoms with E-state index in [9.17, 15) is 10.1 Å². The molecule has 1 N–H and O–H groups in total. The number of rotatable bonds is 5. The van der Waals surface area contributed by atoms with Crippen molar-refractivity contribution in [3.8, 4) is 0 Å². The van der Waals surface area contributed by atoms with Crippen LogP contribution < -0.4 is 5.32 Å². The Morgan fingerprint density at radius 3 is 2.33 bits per heavy atom. The Morgan fingerprint density at radius 2 is 1.71 bits per heavy atom. The lowest BCUT2D eigenvalue weighted by atomic mass is 10.0. The van der Waals surface area contributed by atoms with E-state index in [1.54, 1.807) is 31.5 Å². The average Bonchev–Trinajstić information content (AvgIpc) is 2.48. The van der Waals surface area contributed by atoms with Gasteiger partial charge in [0, 0.05) is 36.1 Å². The number of nitro groups is 1. The smallest absolute Gasteiger partial charge is 0.272 e. The number of benzene rings is 1. The van der Waals surface area contributed by atoms with Crippen LogP contribution >= 0.6 is 0 Å². The summed E-state index contributed by atoms with van der Waals surface area (Å²) in [5.41, 5.74) is 2.89. The molecule has 2 rings (SSSR count). The number of nitrogens with one attached hydrogen (secondary N) is 1. The second kappa shape index (κ2) is 6.45. The quantitative estimate of drug-likeness (QED) is 0.671. The Labute approximate surface area is 124 Å². The molecule has 0 spiro atoms. The van der Waals surface area contributed by atoms with Gasteiger partial charge in [-0.05, 0) is 44.0 Å². The summed E-state index contributed by atoms with van der Waals surface area (Å²) >= 11 is 0. The number of nitrogens with zero attached hydrogens (tertiary/aromatic N) is 2. The Balaban J connectivity index is 2.15. The van der Waals surface area contributed by atoms with Crippen molar-refractivity contribution < 1.29 is 4.92 Å². The molecule has 0 aliphatic rings. The van der Waals surface area contributed by atoms with E-state index < -0.39 is 0 Å². The van der Waals surface area contributed by atoms with Crippen molar-refractivity contribution in [3.05, 3.63) is 69.5 Å². The number of hydrogen-bond acceptors (Lipinski definition) is 4. The Hall–Kier alpha value is -2.27. The molecule has 0 aliphatic carbocycles. The van der Waals surface area contributed by atoms with Gasteiger partial charge in [-0.3, -0.25) is 15.1 Å². The van der Waals surface area contributed by atoms with Crippen LogP contribution in [0, 0.1) is 17.0 Å². The van der Waals surface area contributed by atoms with Gasteiger partial charge < -0.3 is 5.32 Å². The van der Waals surface area contributed by atoms with Crippen molar-refractivity contribution in [1.82, 2.24) is 10.3 Å². The standard InChI is InChI=1S/C16H19N3O2/c1-11-4-5-15(10-16(11)19(20)21)13(3)18-12(2)14-6-8-17-9-7-14/h4-10,12-13,18H,1-3H3. The number of aromatic nitrogens is 1. The highest BCUT2D eigenvalue weighted by Gasteiger charge is 2.16. The van der Waals surface area contributed by atoms with Crippen LogP contribution in [-0.2, 0) is 0 Å². The molecule has 0 saturated carbocycles. The molecular formula is C16H19N3O2. The van der Waals surface area contributed by atoms with Crippen molar-refractivity contribution >= 4 is 5.69 Å². The summed E-state index contributed by atoms with van der Waals surface area (Å²) in [6, 6.07) is 9.45. The molecule has 0 fully saturated rings. The molecular weight excluding hydrogens is 266 g/mol. The topological polar surface area (TPSA) is 68.1 Å². The van der Waals surface area contributed by atoms with Crippen LogP contribution in [-0.4, -0.2) is 9.91 Å². The van der Waals surface area contributed by atoms with Crippen LogP contribution in [0.5, 0.6) is 0 Å². The SMILES string of the molecule is Cc1ccc(C(C)NC(C)c2ccncc2)cc1[N+](=O)[O-]. The fraction of sp³-hybridized carbons (Fsp3) is 0.312. The maximum atomic E-state index is 11.0. The molecule has 0 saturated heterocycles. The highest BCUT2D eigenvalue weighted by Crippen LogP contribution is 2.25. The van der Waals surface area contributed by atoms with Gasteiger partial charge >= 0.3 is 0 Å². The number of pyridine rings is 1. The highest BCUT2D eigenvalue weighted by molar-refractivity contribution is 5.43. The summed E-state index contributed by atoms with van der Waals surface area (Å²) in [5.74, 6) is 0. The van der Waals surface area contributed by atoms with Gasteiger partial charge in [0.1, 0.15) is 0 Å². The predicted octanol–water partition coefficient (Wildman–Crippen LogP) is 3.71. The van der Waals surface area contributed by atoms with Crippen LogP contribution in [0.3, 0.4) is 0 Å². The molecule has 1 heterocycles. The number of aryl methyl sites for hydroxylation is 1. The van der Waals surface area contributed by atoms with Gasteiger partial charge in [0.15, 0.2) is 0 Å². The predicted molar refractivity (Wildman–Crippen MR) is 82.0 cm³/mol. The van der Waals surface area contributed by atoms with Crippen molar-refractivity contribution in [1.29, 1.82) is 0 Å². The maximum Gasteiger partial charge on any atom is 0.272 e. The van der Waals surface area contributed by atoms with Crippen LogP contribution in [0.15, 0.2) is 42.7 Å². The van der Waals surface area contributed by atoms with Gasteiger partial charge in [-0.15, -0.1) is 0 Å². The molecule has 0 aliphatic heterocycles. The molecule has 21 heavy (non-hydrogen) atoms.